The maximum Gasteiger partial charge on any atom is 0.271 e. The van der Waals surface area contributed by atoms with Gasteiger partial charge >= 0.3 is 0 Å². The number of nitrogens with one attached hydrogen (secondary N) is 2. The fourth-order valence-electron chi connectivity index (χ4n) is 1.93. The summed E-state index contributed by atoms with van der Waals surface area (Å²) in [6.45, 7) is 0.175. The molecule has 0 radical (unpaired) electrons. The number of nitriles is 1. The minimum absolute atomic E-state index is 0.0971. The van der Waals surface area contributed by atoms with Crippen LogP contribution in [0.5, 0.6) is 0 Å². The largest absolute Gasteiger partial charge is 0.360 e. The van der Waals surface area contributed by atoms with Gasteiger partial charge in [-0.3, -0.25) is 14.9 Å². The Morgan fingerprint density at radius 1 is 1.28 bits per heavy atom. The summed E-state index contributed by atoms with van der Waals surface area (Å²) >= 11 is 6.00. The van der Waals surface area contributed by atoms with Crippen LogP contribution in [0.25, 0.3) is 0 Å². The predicted molar refractivity (Wildman–Crippen MR) is 93.7 cm³/mol. The number of carbonyl (C=O) groups excluding carboxylic acids is 1. The fraction of sp³-hybridized carbons (Fsp3) is 0.0588. The lowest BCUT2D eigenvalue weighted by Gasteiger charge is -2.07. The Morgan fingerprint density at radius 3 is 2.72 bits per heavy atom. The number of rotatable bonds is 6. The number of anilines is 1. The van der Waals surface area contributed by atoms with Crippen molar-refractivity contribution < 1.29 is 9.72 Å². The number of nitro groups is 1. The zero-order chi connectivity index (χ0) is 18.2. The molecule has 25 heavy (non-hydrogen) atoms. The number of hydrogen-bond acceptors (Lipinski definition) is 5. The van der Waals surface area contributed by atoms with E-state index in [1.165, 1.54) is 24.4 Å². The van der Waals surface area contributed by atoms with E-state index in [1.807, 2.05) is 0 Å². The highest BCUT2D eigenvalue weighted by atomic mass is 35.5. The second-order valence-corrected chi connectivity index (χ2v) is 5.30. The summed E-state index contributed by atoms with van der Waals surface area (Å²) in [7, 11) is 0. The van der Waals surface area contributed by atoms with Crippen molar-refractivity contribution in [2.45, 2.75) is 6.54 Å². The van der Waals surface area contributed by atoms with Gasteiger partial charge in [-0.1, -0.05) is 35.9 Å². The highest BCUT2D eigenvalue weighted by Crippen LogP contribution is 2.17. The van der Waals surface area contributed by atoms with E-state index >= 15 is 0 Å². The first-order valence-electron chi connectivity index (χ1n) is 7.14. The molecule has 0 bridgehead atoms. The molecule has 0 aliphatic heterocycles. The van der Waals surface area contributed by atoms with Crippen molar-refractivity contribution in [2.75, 3.05) is 5.32 Å². The van der Waals surface area contributed by atoms with Crippen LogP contribution in [-0.2, 0) is 11.3 Å². The summed E-state index contributed by atoms with van der Waals surface area (Å²) < 4.78 is 0. The number of nitro benzene ring substituents is 1. The minimum atomic E-state index is -0.583. The highest BCUT2D eigenvalue weighted by molar-refractivity contribution is 6.31. The number of non-ortho nitro benzene ring substituents is 1. The zero-order valence-electron chi connectivity index (χ0n) is 12.9. The van der Waals surface area contributed by atoms with Crippen molar-refractivity contribution in [3.8, 4) is 6.07 Å². The van der Waals surface area contributed by atoms with Crippen LogP contribution >= 0.6 is 11.6 Å². The summed E-state index contributed by atoms with van der Waals surface area (Å²) in [5, 5.41) is 25.7. The molecule has 1 amide bonds. The quantitative estimate of drug-likeness (QED) is 0.357. The number of carbonyl (C=O) groups is 1. The molecular formula is C17H13ClN4O3. The maximum absolute atomic E-state index is 12.1. The van der Waals surface area contributed by atoms with Gasteiger partial charge < -0.3 is 10.6 Å². The first-order valence-corrected chi connectivity index (χ1v) is 7.52. The number of amides is 1. The van der Waals surface area contributed by atoms with Crippen molar-refractivity contribution in [3.05, 3.63) is 81.0 Å². The third-order valence-corrected chi connectivity index (χ3v) is 3.57. The van der Waals surface area contributed by atoms with Crippen LogP contribution in [0.3, 0.4) is 0 Å². The van der Waals surface area contributed by atoms with E-state index in [0.717, 1.165) is 5.56 Å². The van der Waals surface area contributed by atoms with Crippen LogP contribution in [0.1, 0.15) is 5.56 Å². The molecule has 0 saturated carbocycles. The molecule has 126 valence electrons. The van der Waals surface area contributed by atoms with Gasteiger partial charge in [-0.25, -0.2) is 0 Å². The lowest BCUT2D eigenvalue weighted by molar-refractivity contribution is -0.384. The molecular weight excluding hydrogens is 344 g/mol. The Bertz CT molecular complexity index is 874. The van der Waals surface area contributed by atoms with E-state index in [9.17, 15) is 14.9 Å². The van der Waals surface area contributed by atoms with Crippen molar-refractivity contribution in [3.63, 3.8) is 0 Å². The molecule has 7 nitrogen and oxygen atoms in total. The van der Waals surface area contributed by atoms with Crippen LogP contribution in [-0.4, -0.2) is 10.8 Å². The Kier molecular flexibility index (Phi) is 6.09. The number of halogens is 1. The summed E-state index contributed by atoms with van der Waals surface area (Å²) in [6, 6.07) is 14.5. The second-order valence-electron chi connectivity index (χ2n) is 4.90. The first kappa shape index (κ1) is 18.0. The molecule has 0 fully saturated rings. The highest BCUT2D eigenvalue weighted by Gasteiger charge is 2.10. The standard InChI is InChI=1S/C17H13ClN4O3/c18-16-7-2-1-4-12(16)10-21-17(23)13(9-19)11-20-14-5-3-6-15(8-14)22(24)25/h1-8,11,20H,10H2,(H,21,23)/b13-11-. The summed E-state index contributed by atoms with van der Waals surface area (Å²) in [5.74, 6) is -0.583. The molecule has 0 atom stereocenters. The van der Waals surface area contributed by atoms with Gasteiger partial charge in [0.25, 0.3) is 11.6 Å². The van der Waals surface area contributed by atoms with Gasteiger partial charge in [-0.2, -0.15) is 5.26 Å². The third kappa shape index (κ3) is 5.06. The Hall–Kier alpha value is -3.37. The van der Waals surface area contributed by atoms with Crippen LogP contribution < -0.4 is 10.6 Å². The smallest absolute Gasteiger partial charge is 0.271 e. The van der Waals surface area contributed by atoms with E-state index in [4.69, 9.17) is 16.9 Å². The Labute approximate surface area is 148 Å². The SMILES string of the molecule is N#C/C(=C/Nc1cccc([N+](=O)[O-])c1)C(=O)NCc1ccccc1Cl. The van der Waals surface area contributed by atoms with E-state index < -0.39 is 10.8 Å². The van der Waals surface area contributed by atoms with Gasteiger partial charge in [0.05, 0.1) is 4.92 Å². The van der Waals surface area contributed by atoms with Crippen LogP contribution in [0, 0.1) is 21.4 Å². The van der Waals surface area contributed by atoms with Gasteiger partial charge in [0.2, 0.25) is 0 Å². The summed E-state index contributed by atoms with van der Waals surface area (Å²) in [4.78, 5) is 22.3. The van der Waals surface area contributed by atoms with Crippen molar-refractivity contribution in [1.82, 2.24) is 5.32 Å². The molecule has 2 aromatic carbocycles. The molecule has 8 heteroatoms. The Balaban J connectivity index is 2.03. The minimum Gasteiger partial charge on any atom is -0.360 e. The topological polar surface area (TPSA) is 108 Å². The van der Waals surface area contributed by atoms with Crippen molar-refractivity contribution in [2.24, 2.45) is 0 Å². The summed E-state index contributed by atoms with van der Waals surface area (Å²) in [5.41, 5.74) is 0.848. The number of hydrogen-bond donors (Lipinski definition) is 2. The van der Waals surface area contributed by atoms with Crippen molar-refractivity contribution >= 4 is 28.9 Å². The molecule has 2 aromatic rings. The third-order valence-electron chi connectivity index (χ3n) is 3.20. The van der Waals surface area contributed by atoms with Crippen LogP contribution in [0.4, 0.5) is 11.4 Å². The molecule has 0 aliphatic rings. The van der Waals surface area contributed by atoms with E-state index in [-0.39, 0.29) is 17.8 Å². The molecule has 0 aliphatic carbocycles. The maximum atomic E-state index is 12.1. The van der Waals surface area contributed by atoms with Gasteiger partial charge in [0, 0.05) is 35.6 Å². The lowest BCUT2D eigenvalue weighted by atomic mass is 10.2. The molecule has 0 unspecified atom stereocenters. The van der Waals surface area contributed by atoms with E-state index in [2.05, 4.69) is 10.6 Å². The molecule has 0 aromatic heterocycles. The molecule has 0 spiro atoms. The molecule has 0 heterocycles. The first-order chi connectivity index (χ1) is 12.0. The Morgan fingerprint density at radius 2 is 2.04 bits per heavy atom. The van der Waals surface area contributed by atoms with E-state index in [1.54, 1.807) is 36.4 Å². The van der Waals surface area contributed by atoms with Crippen LogP contribution in [0.2, 0.25) is 5.02 Å². The normalized spacial score (nSPS) is 10.6. The lowest BCUT2D eigenvalue weighted by Crippen LogP contribution is -2.24. The predicted octanol–water partition coefficient (Wildman–Crippen LogP) is 3.38. The average molecular weight is 357 g/mol. The number of benzene rings is 2. The van der Waals surface area contributed by atoms with Gasteiger partial charge in [-0.05, 0) is 17.7 Å². The average Bonchev–Trinajstić information content (AvgIpc) is 2.61. The van der Waals surface area contributed by atoms with Crippen LogP contribution in [0.15, 0.2) is 60.3 Å². The molecule has 0 saturated heterocycles. The monoisotopic (exact) mass is 356 g/mol. The van der Waals surface area contributed by atoms with Crippen molar-refractivity contribution in [1.29, 1.82) is 5.26 Å². The number of nitrogens with zero attached hydrogens (tertiary/aromatic N) is 2. The zero-order valence-corrected chi connectivity index (χ0v) is 13.7. The van der Waals surface area contributed by atoms with Gasteiger partial charge in [0.1, 0.15) is 11.6 Å². The second kappa shape index (κ2) is 8.47. The molecule has 2 rings (SSSR count). The van der Waals surface area contributed by atoms with Gasteiger partial charge in [-0.15, -0.1) is 0 Å². The fourth-order valence-corrected chi connectivity index (χ4v) is 2.13. The van der Waals surface area contributed by atoms with Gasteiger partial charge in [0.15, 0.2) is 0 Å². The molecule has 2 N–H and O–H groups in total. The summed E-state index contributed by atoms with van der Waals surface area (Å²) in [6.07, 6.45) is 1.20. The van der Waals surface area contributed by atoms with E-state index in [0.29, 0.717) is 10.7 Å².